The fraction of sp³-hybridized carbons (Fsp3) is 0.340. The first-order valence-electron chi connectivity index (χ1n) is 23.6. The van der Waals surface area contributed by atoms with Crippen molar-refractivity contribution in [3.63, 3.8) is 0 Å². The van der Waals surface area contributed by atoms with Crippen LogP contribution < -0.4 is 30.0 Å². The van der Waals surface area contributed by atoms with Gasteiger partial charge in [-0.25, -0.2) is 19.4 Å². The molecule has 378 valence electrons. The van der Waals surface area contributed by atoms with Gasteiger partial charge in [0.15, 0.2) is 29.2 Å². The number of rotatable bonds is 22. The quantitative estimate of drug-likeness (QED) is 0.0255. The fourth-order valence-corrected chi connectivity index (χ4v) is 10.9. The standard InChI is InChI=1S/C53H57N5O12S2/c1-33-26-43(50-57(20-24-68-50)53(63)70-32-40-36-16-7-5-14-34(36)35-15-6-8-17-37(35)40)58(31-33)49(59)38-27-44(64-2)46(29-41(38)54)66-21-11-4-12-22-67-47-30-42(39(51(60)61)28-45(47)65-3)56-52(62)69-23-13-25-71-72-48-18-9-10-19-55-48/h5-10,14-19,27-30,40,43,50H,1,4,11-13,20-26,31-32,54H2,2-3H3,(H,56,62)(H,60,61)/t43-,50?/m0/s1. The number of benzene rings is 4. The molecule has 8 rings (SSSR count). The minimum absolute atomic E-state index is 0.00369. The number of pyridine rings is 1. The number of nitrogens with two attached hydrogens (primary N) is 1. The first-order chi connectivity index (χ1) is 35.0. The summed E-state index contributed by atoms with van der Waals surface area (Å²) in [4.78, 5) is 60.3. The van der Waals surface area contributed by atoms with Crippen LogP contribution in [0.25, 0.3) is 11.1 Å². The number of hydrogen-bond acceptors (Lipinski definition) is 15. The molecule has 2 aliphatic heterocycles. The van der Waals surface area contributed by atoms with Gasteiger partial charge in [0.05, 0.1) is 70.0 Å². The van der Waals surface area contributed by atoms with Crippen molar-refractivity contribution in [3.05, 3.63) is 132 Å². The monoisotopic (exact) mass is 1020 g/mol. The Morgan fingerprint density at radius 1 is 0.806 bits per heavy atom. The van der Waals surface area contributed by atoms with Crippen LogP contribution in [-0.2, 0) is 14.2 Å². The summed E-state index contributed by atoms with van der Waals surface area (Å²) in [6, 6.07) is 27.3. The summed E-state index contributed by atoms with van der Waals surface area (Å²) in [5.74, 6) is 0.115. The number of aromatic nitrogens is 1. The lowest BCUT2D eigenvalue weighted by Crippen LogP contribution is -2.51. The van der Waals surface area contributed by atoms with E-state index in [-0.39, 0.29) is 72.2 Å². The van der Waals surface area contributed by atoms with Crippen molar-refractivity contribution in [2.75, 3.05) is 77.1 Å². The second kappa shape index (κ2) is 24.4. The molecule has 19 heteroatoms. The third-order valence-electron chi connectivity index (χ3n) is 12.4. The van der Waals surface area contributed by atoms with E-state index in [1.807, 2.05) is 42.5 Å². The number of methoxy groups -OCH3 is 2. The van der Waals surface area contributed by atoms with Crippen molar-refractivity contribution >= 4 is 57.0 Å². The zero-order valence-electron chi connectivity index (χ0n) is 40.0. The van der Waals surface area contributed by atoms with E-state index in [1.54, 1.807) is 38.9 Å². The maximum Gasteiger partial charge on any atom is 0.412 e. The summed E-state index contributed by atoms with van der Waals surface area (Å²) >= 11 is 0. The van der Waals surface area contributed by atoms with Crippen LogP contribution in [0.4, 0.5) is 21.0 Å². The van der Waals surface area contributed by atoms with Crippen molar-refractivity contribution < 1.29 is 57.4 Å². The van der Waals surface area contributed by atoms with Gasteiger partial charge in [-0.1, -0.05) is 77.5 Å². The van der Waals surface area contributed by atoms with Gasteiger partial charge in [-0.15, -0.1) is 0 Å². The number of fused-ring (bicyclic) bond motifs is 3. The molecule has 3 heterocycles. The van der Waals surface area contributed by atoms with Crippen LogP contribution in [0.5, 0.6) is 23.0 Å². The van der Waals surface area contributed by atoms with Crippen LogP contribution in [0, 0.1) is 0 Å². The second-order valence-corrected chi connectivity index (χ2v) is 19.5. The molecule has 1 aromatic heterocycles. The summed E-state index contributed by atoms with van der Waals surface area (Å²) in [5.41, 5.74) is 12.1. The van der Waals surface area contributed by atoms with Crippen LogP contribution in [0.3, 0.4) is 0 Å². The van der Waals surface area contributed by atoms with E-state index in [9.17, 15) is 24.3 Å². The maximum atomic E-state index is 14.3. The number of carboxylic acids is 1. The molecule has 2 saturated heterocycles. The summed E-state index contributed by atoms with van der Waals surface area (Å²) < 4.78 is 40.6. The SMILES string of the molecule is C=C1C[C@@H](C2OCCN2C(=O)OCC2c3ccccc3-c3ccccc32)N(C(=O)c2cc(OC)c(OCCCCCOc3cc(NC(=O)OCCCSSc4ccccn4)c(C(=O)O)cc3OC)cc2N)C1. The Balaban J connectivity index is 0.805. The molecule has 17 nitrogen and oxygen atoms in total. The Morgan fingerprint density at radius 3 is 2.14 bits per heavy atom. The van der Waals surface area contributed by atoms with Crippen molar-refractivity contribution in [1.82, 2.24) is 14.8 Å². The lowest BCUT2D eigenvalue weighted by Gasteiger charge is -2.33. The van der Waals surface area contributed by atoms with E-state index in [2.05, 4.69) is 41.1 Å². The highest BCUT2D eigenvalue weighted by molar-refractivity contribution is 8.76. The molecule has 4 aromatic carbocycles. The number of carboxylic acid groups (broad SMARTS) is 1. The minimum Gasteiger partial charge on any atom is -0.493 e. The van der Waals surface area contributed by atoms with E-state index in [0.29, 0.717) is 69.1 Å². The molecule has 0 spiro atoms. The second-order valence-electron chi connectivity index (χ2n) is 17.1. The number of hydrogen-bond donors (Lipinski definition) is 3. The summed E-state index contributed by atoms with van der Waals surface area (Å²) in [5, 5.41) is 13.3. The van der Waals surface area contributed by atoms with Gasteiger partial charge in [-0.3, -0.25) is 15.0 Å². The molecule has 1 unspecified atom stereocenters. The van der Waals surface area contributed by atoms with Crippen molar-refractivity contribution in [3.8, 4) is 34.1 Å². The molecule has 0 bridgehead atoms. The van der Waals surface area contributed by atoms with Gasteiger partial charge in [0.25, 0.3) is 5.91 Å². The Labute approximate surface area is 425 Å². The fourth-order valence-electron chi connectivity index (χ4n) is 8.96. The molecule has 2 atom stereocenters. The first kappa shape index (κ1) is 51.3. The Kier molecular flexibility index (Phi) is 17.3. The predicted molar refractivity (Wildman–Crippen MR) is 274 cm³/mol. The van der Waals surface area contributed by atoms with Crippen LogP contribution in [-0.4, -0.2) is 122 Å². The highest BCUT2D eigenvalue weighted by atomic mass is 33.1. The lowest BCUT2D eigenvalue weighted by molar-refractivity contribution is -0.0211. The molecule has 3 amide bonds. The van der Waals surface area contributed by atoms with Crippen molar-refractivity contribution in [2.45, 2.75) is 55.3 Å². The van der Waals surface area contributed by atoms with Gasteiger partial charge in [-0.2, -0.15) is 0 Å². The predicted octanol–water partition coefficient (Wildman–Crippen LogP) is 9.76. The van der Waals surface area contributed by atoms with Crippen molar-refractivity contribution in [1.29, 1.82) is 0 Å². The van der Waals surface area contributed by atoms with Gasteiger partial charge in [0.2, 0.25) is 0 Å². The summed E-state index contributed by atoms with van der Waals surface area (Å²) in [7, 11) is 6.00. The Bertz CT molecular complexity index is 2720. The average Bonchev–Trinajstić information content (AvgIpc) is 4.12. The Morgan fingerprint density at radius 2 is 1.47 bits per heavy atom. The molecule has 72 heavy (non-hydrogen) atoms. The molecule has 0 saturated carbocycles. The molecule has 0 radical (unpaired) electrons. The number of carbonyl (C=O) groups is 4. The molecule has 3 aliphatic rings. The molecule has 2 fully saturated rings. The van der Waals surface area contributed by atoms with E-state index in [0.717, 1.165) is 32.9 Å². The first-order valence-corrected chi connectivity index (χ1v) is 25.9. The third kappa shape index (κ3) is 12.1. The van der Waals surface area contributed by atoms with Crippen LogP contribution >= 0.6 is 21.6 Å². The number of nitrogen functional groups attached to an aromatic ring is 1. The molecule has 1 aliphatic carbocycles. The van der Waals surface area contributed by atoms with Gasteiger partial charge in [-0.05, 0) is 83.4 Å². The van der Waals surface area contributed by atoms with Gasteiger partial charge < -0.3 is 48.9 Å². The topological polar surface area (TPSA) is 211 Å². The van der Waals surface area contributed by atoms with E-state index in [1.165, 1.54) is 37.1 Å². The number of unbranched alkanes of at least 4 members (excludes halogenated alkanes) is 2. The number of carbonyl (C=O) groups excluding carboxylic acids is 3. The summed E-state index contributed by atoms with van der Waals surface area (Å²) in [6.45, 7) is 5.90. The zero-order chi connectivity index (χ0) is 50.6. The lowest BCUT2D eigenvalue weighted by atomic mass is 9.98. The van der Waals surface area contributed by atoms with Crippen LogP contribution in [0.15, 0.2) is 114 Å². The van der Waals surface area contributed by atoms with E-state index in [4.69, 9.17) is 38.9 Å². The van der Waals surface area contributed by atoms with E-state index >= 15 is 0 Å². The highest BCUT2D eigenvalue weighted by Crippen LogP contribution is 2.45. The number of likely N-dealkylation sites (tertiary alicyclic amines) is 1. The smallest absolute Gasteiger partial charge is 0.412 e. The molecular weight excluding hydrogens is 963 g/mol. The highest BCUT2D eigenvalue weighted by Gasteiger charge is 2.45. The number of nitrogens with one attached hydrogen (secondary N) is 1. The summed E-state index contributed by atoms with van der Waals surface area (Å²) in [6.07, 6.45) is 2.61. The molecule has 4 N–H and O–H groups in total. The van der Waals surface area contributed by atoms with Gasteiger partial charge in [0.1, 0.15) is 11.6 Å². The largest absolute Gasteiger partial charge is 0.493 e. The van der Waals surface area contributed by atoms with Crippen LogP contribution in [0.2, 0.25) is 0 Å². The van der Waals surface area contributed by atoms with Crippen molar-refractivity contribution in [2.24, 2.45) is 0 Å². The average molecular weight is 1020 g/mol. The van der Waals surface area contributed by atoms with Gasteiger partial charge >= 0.3 is 18.2 Å². The Hall–Kier alpha value is -7.09. The van der Waals surface area contributed by atoms with Crippen LogP contribution in [0.1, 0.15) is 69.9 Å². The number of ether oxygens (including phenoxy) is 7. The molecule has 5 aromatic rings. The third-order valence-corrected chi connectivity index (χ3v) is 14.8. The number of amides is 3. The van der Waals surface area contributed by atoms with Gasteiger partial charge in [0, 0.05) is 48.3 Å². The normalized spacial score (nSPS) is 15.9. The zero-order valence-corrected chi connectivity index (χ0v) is 41.7. The molecular formula is C53H57N5O12S2. The van der Waals surface area contributed by atoms with E-state index < -0.39 is 30.4 Å². The maximum absolute atomic E-state index is 14.3. The number of nitrogens with zero attached hydrogens (tertiary/aromatic N) is 3. The number of anilines is 2. The minimum atomic E-state index is -1.26. The number of aromatic carboxylic acids is 1.